The molecule has 0 aliphatic carbocycles. The summed E-state index contributed by atoms with van der Waals surface area (Å²) in [5.74, 6) is 0. The molecule has 0 aliphatic rings. The first-order valence-corrected chi connectivity index (χ1v) is 5.54. The summed E-state index contributed by atoms with van der Waals surface area (Å²) < 4.78 is 31.6. The van der Waals surface area contributed by atoms with Gasteiger partial charge >= 0.3 is 10.4 Å². The molecule has 0 radical (unpaired) electrons. The predicted octanol–water partition coefficient (Wildman–Crippen LogP) is 0.875. The number of aromatic nitrogens is 1. The molecule has 6 nitrogen and oxygen atoms in total. The molecule has 0 saturated heterocycles. The highest BCUT2D eigenvalue weighted by Gasteiger charge is 1.92. The van der Waals surface area contributed by atoms with E-state index in [0.717, 1.165) is 10.8 Å². The summed E-state index contributed by atoms with van der Waals surface area (Å²) in [6.45, 7) is 0. The third kappa shape index (κ3) is 4.22. The summed E-state index contributed by atoms with van der Waals surface area (Å²) in [5, 5.41) is 1.73. The Morgan fingerprint density at radius 1 is 1.06 bits per heavy atom. The van der Waals surface area contributed by atoms with E-state index in [4.69, 9.17) is 17.5 Å². The zero-order valence-corrected chi connectivity index (χ0v) is 8.81. The number of fused-ring (bicyclic) bond motifs is 1. The van der Waals surface area contributed by atoms with Crippen LogP contribution in [-0.4, -0.2) is 22.5 Å². The molecular formula is C9H9NO5S. The first-order valence-electron chi connectivity index (χ1n) is 4.14. The number of aromatic amines is 1. The molecule has 3 N–H and O–H groups in total. The van der Waals surface area contributed by atoms with Crippen LogP contribution in [-0.2, 0) is 10.4 Å². The fraction of sp³-hybridized carbons (Fsp3) is 0. The Kier molecular flexibility index (Phi) is 3.78. The Bertz CT molecular complexity index is 618. The zero-order valence-electron chi connectivity index (χ0n) is 7.99. The molecule has 2 aromatic rings. The maximum absolute atomic E-state index is 11.1. The highest BCUT2D eigenvalue weighted by atomic mass is 32.3. The summed E-state index contributed by atoms with van der Waals surface area (Å²) >= 11 is 0. The summed E-state index contributed by atoms with van der Waals surface area (Å²) in [4.78, 5) is 13.7. The lowest BCUT2D eigenvalue weighted by Gasteiger charge is -1.92. The molecule has 0 saturated carbocycles. The van der Waals surface area contributed by atoms with Crippen LogP contribution < -0.4 is 5.56 Å². The van der Waals surface area contributed by atoms with Crippen LogP contribution in [0.2, 0.25) is 0 Å². The summed E-state index contributed by atoms with van der Waals surface area (Å²) in [5.41, 5.74) is -0.0249. The lowest BCUT2D eigenvalue weighted by molar-refractivity contribution is 0.381. The van der Waals surface area contributed by atoms with Crippen molar-refractivity contribution >= 4 is 21.2 Å². The highest BCUT2D eigenvalue weighted by Crippen LogP contribution is 2.05. The summed E-state index contributed by atoms with van der Waals surface area (Å²) in [6.07, 6.45) is 1.66. The number of hydrogen-bond donors (Lipinski definition) is 3. The van der Waals surface area contributed by atoms with Crippen molar-refractivity contribution in [2.75, 3.05) is 0 Å². The van der Waals surface area contributed by atoms with Gasteiger partial charge in [0.2, 0.25) is 0 Å². The fourth-order valence-electron chi connectivity index (χ4n) is 1.13. The van der Waals surface area contributed by atoms with Gasteiger partial charge in [-0.05, 0) is 17.5 Å². The van der Waals surface area contributed by atoms with Gasteiger partial charge in [0.25, 0.3) is 5.56 Å². The van der Waals surface area contributed by atoms with Gasteiger partial charge in [-0.15, -0.1) is 0 Å². The molecule has 1 aromatic heterocycles. The molecule has 0 atom stereocenters. The average Bonchev–Trinajstić information content (AvgIpc) is 2.16. The van der Waals surface area contributed by atoms with Crippen molar-refractivity contribution < 1.29 is 17.5 Å². The molecule has 7 heteroatoms. The molecule has 0 fully saturated rings. The molecule has 16 heavy (non-hydrogen) atoms. The Labute approximate surface area is 91.1 Å². The number of hydrogen-bond acceptors (Lipinski definition) is 3. The van der Waals surface area contributed by atoms with Gasteiger partial charge in [0, 0.05) is 11.6 Å². The Hall–Kier alpha value is -1.70. The van der Waals surface area contributed by atoms with Crippen LogP contribution in [0.25, 0.3) is 10.8 Å². The van der Waals surface area contributed by atoms with Gasteiger partial charge in [0.15, 0.2) is 0 Å². The molecule has 0 spiro atoms. The van der Waals surface area contributed by atoms with Gasteiger partial charge < -0.3 is 4.98 Å². The van der Waals surface area contributed by atoms with Gasteiger partial charge in [0.1, 0.15) is 0 Å². The monoisotopic (exact) mass is 243 g/mol. The standard InChI is InChI=1S/C9H7NO.H2O4S/c11-9-8-4-2-1-3-7(8)5-6-10-9;1-5(2,3)4/h1-6H,(H,10,11);(H2,1,2,3,4). The van der Waals surface area contributed by atoms with E-state index in [0.29, 0.717) is 0 Å². The van der Waals surface area contributed by atoms with E-state index in [-0.39, 0.29) is 5.56 Å². The van der Waals surface area contributed by atoms with Crippen molar-refractivity contribution in [2.45, 2.75) is 0 Å². The lowest BCUT2D eigenvalue weighted by atomic mass is 10.2. The second-order valence-electron chi connectivity index (χ2n) is 2.84. The molecule has 86 valence electrons. The van der Waals surface area contributed by atoms with Gasteiger partial charge in [-0.3, -0.25) is 13.9 Å². The van der Waals surface area contributed by atoms with Crippen molar-refractivity contribution in [1.82, 2.24) is 4.98 Å². The zero-order chi connectivity index (χ0) is 12.2. The second kappa shape index (κ2) is 4.88. The van der Waals surface area contributed by atoms with Gasteiger partial charge in [-0.25, -0.2) is 0 Å². The lowest BCUT2D eigenvalue weighted by Crippen LogP contribution is -2.03. The number of nitrogens with one attached hydrogen (secondary N) is 1. The predicted molar refractivity (Wildman–Crippen MR) is 58.7 cm³/mol. The van der Waals surface area contributed by atoms with E-state index in [2.05, 4.69) is 4.98 Å². The minimum absolute atomic E-state index is 0.0249. The smallest absolute Gasteiger partial charge is 0.329 e. The molecule has 0 aliphatic heterocycles. The van der Waals surface area contributed by atoms with E-state index >= 15 is 0 Å². The van der Waals surface area contributed by atoms with Gasteiger partial charge in [-0.1, -0.05) is 18.2 Å². The summed E-state index contributed by atoms with van der Waals surface area (Å²) in [6, 6.07) is 9.40. The van der Waals surface area contributed by atoms with Crippen LogP contribution in [0.15, 0.2) is 41.3 Å². The van der Waals surface area contributed by atoms with Crippen molar-refractivity contribution in [3.8, 4) is 0 Å². The van der Waals surface area contributed by atoms with E-state index in [1.165, 1.54) is 0 Å². The Morgan fingerprint density at radius 2 is 1.62 bits per heavy atom. The Morgan fingerprint density at radius 3 is 2.19 bits per heavy atom. The quantitative estimate of drug-likeness (QED) is 0.595. The van der Waals surface area contributed by atoms with Crippen LogP contribution in [0.1, 0.15) is 0 Å². The Balaban J connectivity index is 0.000000221. The van der Waals surface area contributed by atoms with Gasteiger partial charge in [0.05, 0.1) is 0 Å². The van der Waals surface area contributed by atoms with Crippen LogP contribution >= 0.6 is 0 Å². The molecule has 0 unspecified atom stereocenters. The largest absolute Gasteiger partial charge is 0.394 e. The van der Waals surface area contributed by atoms with Crippen LogP contribution in [0, 0.1) is 0 Å². The molecule has 1 aromatic carbocycles. The van der Waals surface area contributed by atoms with Gasteiger partial charge in [-0.2, -0.15) is 8.42 Å². The van der Waals surface area contributed by atoms with Crippen molar-refractivity contribution in [2.24, 2.45) is 0 Å². The fourth-order valence-corrected chi connectivity index (χ4v) is 1.13. The van der Waals surface area contributed by atoms with Crippen LogP contribution in [0.3, 0.4) is 0 Å². The van der Waals surface area contributed by atoms with E-state index in [1.807, 2.05) is 30.3 Å². The van der Waals surface area contributed by atoms with E-state index in [1.54, 1.807) is 6.20 Å². The second-order valence-corrected chi connectivity index (χ2v) is 3.74. The number of benzene rings is 1. The maximum atomic E-state index is 11.1. The number of pyridine rings is 1. The first-order chi connectivity index (χ1) is 7.38. The normalized spacial score (nSPS) is 10.6. The molecule has 1 heterocycles. The maximum Gasteiger partial charge on any atom is 0.394 e. The van der Waals surface area contributed by atoms with Crippen LogP contribution in [0.4, 0.5) is 0 Å². The SMILES string of the molecule is O=S(=O)(O)O.O=c1[nH]ccc2ccccc12. The molecular weight excluding hydrogens is 234 g/mol. The van der Waals surface area contributed by atoms with E-state index < -0.39 is 10.4 Å². The molecule has 0 amide bonds. The van der Waals surface area contributed by atoms with Crippen molar-refractivity contribution in [3.05, 3.63) is 46.9 Å². The average molecular weight is 243 g/mol. The summed E-state index contributed by atoms with van der Waals surface area (Å²) in [7, 11) is -4.67. The van der Waals surface area contributed by atoms with E-state index in [9.17, 15) is 4.79 Å². The third-order valence-electron chi connectivity index (χ3n) is 1.68. The highest BCUT2D eigenvalue weighted by molar-refractivity contribution is 7.79. The van der Waals surface area contributed by atoms with Crippen LogP contribution in [0.5, 0.6) is 0 Å². The molecule has 0 bridgehead atoms. The number of H-pyrrole nitrogens is 1. The molecule has 2 rings (SSSR count). The first kappa shape index (κ1) is 12.4. The minimum atomic E-state index is -4.67. The van der Waals surface area contributed by atoms with Crippen molar-refractivity contribution in [3.63, 3.8) is 0 Å². The van der Waals surface area contributed by atoms with Crippen molar-refractivity contribution in [1.29, 1.82) is 0 Å². The number of rotatable bonds is 0. The topological polar surface area (TPSA) is 107 Å². The minimum Gasteiger partial charge on any atom is -0.329 e. The third-order valence-corrected chi connectivity index (χ3v) is 1.68.